The van der Waals surface area contributed by atoms with Gasteiger partial charge in [-0.1, -0.05) is 43.7 Å². The number of aromatic nitrogens is 5. The van der Waals surface area contributed by atoms with Crippen LogP contribution in [-0.2, 0) is 26.7 Å². The van der Waals surface area contributed by atoms with E-state index in [9.17, 15) is 14.4 Å². The molecule has 3 heterocycles. The molecule has 33 heavy (non-hydrogen) atoms. The molecule has 0 spiro atoms. The van der Waals surface area contributed by atoms with E-state index < -0.39 is 11.2 Å². The highest BCUT2D eigenvalue weighted by Gasteiger charge is 2.22. The Hall–Kier alpha value is -3.68. The van der Waals surface area contributed by atoms with Crippen LogP contribution in [0.25, 0.3) is 11.2 Å². The van der Waals surface area contributed by atoms with Crippen molar-refractivity contribution in [3.63, 3.8) is 0 Å². The lowest BCUT2D eigenvalue weighted by Gasteiger charge is -2.12. The molecule has 0 radical (unpaired) electrons. The standard InChI is InChI=1S/C25H29N5O3/c1-5-6-12-29-23-22(28(16-26-23)14-19-10-8-7-9-11-19)24(32)30(25(29)33)15-21(31)20-13-17(2)27(4)18(20)3/h7-11,13,16H,5-6,12,14-15H2,1-4H3. The predicted octanol–water partition coefficient (Wildman–Crippen LogP) is 3.05. The zero-order valence-corrected chi connectivity index (χ0v) is 19.5. The van der Waals surface area contributed by atoms with Crippen LogP contribution in [0.1, 0.15) is 47.1 Å². The molecule has 8 nitrogen and oxygen atoms in total. The molecule has 0 fully saturated rings. The van der Waals surface area contributed by atoms with Gasteiger partial charge in [0.1, 0.15) is 0 Å². The number of hydrogen-bond donors (Lipinski definition) is 0. The largest absolute Gasteiger partial charge is 0.351 e. The van der Waals surface area contributed by atoms with Gasteiger partial charge in [-0.25, -0.2) is 9.78 Å². The van der Waals surface area contributed by atoms with Crippen LogP contribution in [0, 0.1) is 13.8 Å². The second-order valence-corrected chi connectivity index (χ2v) is 8.48. The van der Waals surface area contributed by atoms with Crippen molar-refractivity contribution in [3.8, 4) is 0 Å². The summed E-state index contributed by atoms with van der Waals surface area (Å²) in [6.07, 6.45) is 3.25. The number of fused-ring (bicyclic) bond motifs is 1. The van der Waals surface area contributed by atoms with E-state index in [1.165, 1.54) is 4.57 Å². The fourth-order valence-corrected chi connectivity index (χ4v) is 4.16. The van der Waals surface area contributed by atoms with Gasteiger partial charge in [0.15, 0.2) is 16.9 Å². The van der Waals surface area contributed by atoms with E-state index in [1.54, 1.807) is 17.0 Å². The molecule has 1 aromatic carbocycles. The Balaban J connectivity index is 1.85. The summed E-state index contributed by atoms with van der Waals surface area (Å²) in [4.78, 5) is 44.4. The molecule has 4 aromatic rings. The minimum Gasteiger partial charge on any atom is -0.351 e. The zero-order chi connectivity index (χ0) is 23.7. The zero-order valence-electron chi connectivity index (χ0n) is 19.5. The van der Waals surface area contributed by atoms with E-state index in [4.69, 9.17) is 0 Å². The van der Waals surface area contributed by atoms with Crippen molar-refractivity contribution in [2.45, 2.75) is 53.2 Å². The number of carbonyl (C=O) groups excluding carboxylic acids is 1. The van der Waals surface area contributed by atoms with Crippen LogP contribution in [0.5, 0.6) is 0 Å². The molecule has 0 saturated carbocycles. The highest BCUT2D eigenvalue weighted by Crippen LogP contribution is 2.15. The summed E-state index contributed by atoms with van der Waals surface area (Å²) in [5.74, 6) is -0.258. The number of ketones is 1. The van der Waals surface area contributed by atoms with Crippen LogP contribution in [0.3, 0.4) is 0 Å². The first-order chi connectivity index (χ1) is 15.8. The second kappa shape index (κ2) is 9.05. The minimum absolute atomic E-state index is 0.258. The molecular weight excluding hydrogens is 418 g/mol. The van der Waals surface area contributed by atoms with Crippen molar-refractivity contribution in [2.24, 2.45) is 7.05 Å². The smallest absolute Gasteiger partial charge is 0.333 e. The maximum Gasteiger partial charge on any atom is 0.333 e. The van der Waals surface area contributed by atoms with Gasteiger partial charge in [0, 0.05) is 37.1 Å². The number of benzene rings is 1. The average Bonchev–Trinajstić information content (AvgIpc) is 3.33. The Morgan fingerprint density at radius 1 is 1.06 bits per heavy atom. The Morgan fingerprint density at radius 3 is 2.42 bits per heavy atom. The number of unbranched alkanes of at least 4 members (excludes halogenated alkanes) is 1. The maximum absolute atomic E-state index is 13.5. The van der Waals surface area contributed by atoms with Crippen LogP contribution >= 0.6 is 0 Å². The van der Waals surface area contributed by atoms with Crippen molar-refractivity contribution < 1.29 is 4.79 Å². The van der Waals surface area contributed by atoms with Crippen molar-refractivity contribution in [1.82, 2.24) is 23.3 Å². The molecule has 8 heteroatoms. The Labute approximate surface area is 191 Å². The number of aryl methyl sites for hydroxylation is 2. The summed E-state index contributed by atoms with van der Waals surface area (Å²) in [5, 5.41) is 0. The Bertz CT molecular complexity index is 1440. The first kappa shape index (κ1) is 22.5. The summed E-state index contributed by atoms with van der Waals surface area (Å²) in [7, 11) is 1.89. The second-order valence-electron chi connectivity index (χ2n) is 8.48. The number of Topliss-reactive ketones (excluding diaryl/α,β-unsaturated/α-hetero) is 1. The third-order valence-corrected chi connectivity index (χ3v) is 6.29. The Morgan fingerprint density at radius 2 is 1.79 bits per heavy atom. The van der Waals surface area contributed by atoms with Gasteiger partial charge in [-0.05, 0) is 31.9 Å². The van der Waals surface area contributed by atoms with Crippen molar-refractivity contribution in [3.05, 3.63) is 86.1 Å². The van der Waals surface area contributed by atoms with Gasteiger partial charge in [0.2, 0.25) is 0 Å². The number of imidazole rings is 1. The van der Waals surface area contributed by atoms with E-state index >= 15 is 0 Å². The first-order valence-corrected chi connectivity index (χ1v) is 11.2. The monoisotopic (exact) mass is 447 g/mol. The van der Waals surface area contributed by atoms with Gasteiger partial charge in [-0.2, -0.15) is 0 Å². The third kappa shape index (κ3) is 4.08. The normalized spacial score (nSPS) is 11.4. The van der Waals surface area contributed by atoms with E-state index in [0.717, 1.165) is 34.4 Å². The summed E-state index contributed by atoms with van der Waals surface area (Å²) in [5.41, 5.74) is 3.01. The highest BCUT2D eigenvalue weighted by molar-refractivity contribution is 5.97. The number of rotatable bonds is 8. The van der Waals surface area contributed by atoms with Crippen LogP contribution in [0.15, 0.2) is 52.3 Å². The van der Waals surface area contributed by atoms with Gasteiger partial charge < -0.3 is 9.13 Å². The highest BCUT2D eigenvalue weighted by atomic mass is 16.2. The van der Waals surface area contributed by atoms with Gasteiger partial charge in [0.25, 0.3) is 5.56 Å². The predicted molar refractivity (Wildman–Crippen MR) is 128 cm³/mol. The first-order valence-electron chi connectivity index (χ1n) is 11.2. The summed E-state index contributed by atoms with van der Waals surface area (Å²) < 4.78 is 6.27. The van der Waals surface area contributed by atoms with Gasteiger partial charge in [-0.3, -0.25) is 18.7 Å². The number of nitrogens with zero attached hydrogens (tertiary/aromatic N) is 5. The van der Waals surface area contributed by atoms with E-state index in [0.29, 0.717) is 29.8 Å². The van der Waals surface area contributed by atoms with Gasteiger partial charge in [-0.15, -0.1) is 0 Å². The molecule has 172 valence electrons. The van der Waals surface area contributed by atoms with Gasteiger partial charge >= 0.3 is 5.69 Å². The van der Waals surface area contributed by atoms with Crippen molar-refractivity contribution in [2.75, 3.05) is 0 Å². The van der Waals surface area contributed by atoms with E-state index in [-0.39, 0.29) is 12.3 Å². The SMILES string of the molecule is CCCCn1c(=O)n(CC(=O)c2cc(C)n(C)c2C)c(=O)c2c1ncn2Cc1ccccc1. The lowest BCUT2D eigenvalue weighted by atomic mass is 10.1. The number of carbonyl (C=O) groups is 1. The molecule has 0 atom stereocenters. The van der Waals surface area contributed by atoms with Crippen molar-refractivity contribution >= 4 is 16.9 Å². The molecule has 0 bridgehead atoms. The molecule has 3 aromatic heterocycles. The third-order valence-electron chi connectivity index (χ3n) is 6.29. The number of hydrogen-bond acceptors (Lipinski definition) is 4. The molecule has 0 N–H and O–H groups in total. The fraction of sp³-hybridized carbons (Fsp3) is 0.360. The lowest BCUT2D eigenvalue weighted by molar-refractivity contribution is 0.0968. The Kier molecular flexibility index (Phi) is 6.18. The van der Waals surface area contributed by atoms with Crippen LogP contribution < -0.4 is 11.2 Å². The average molecular weight is 448 g/mol. The van der Waals surface area contributed by atoms with Crippen molar-refractivity contribution in [1.29, 1.82) is 0 Å². The van der Waals surface area contributed by atoms with Crippen LogP contribution in [0.2, 0.25) is 0 Å². The molecule has 0 aliphatic carbocycles. The minimum atomic E-state index is -0.496. The maximum atomic E-state index is 13.5. The van der Waals surface area contributed by atoms with Gasteiger partial charge in [0.05, 0.1) is 12.9 Å². The van der Waals surface area contributed by atoms with E-state index in [1.807, 2.05) is 62.7 Å². The molecule has 4 rings (SSSR count). The summed E-state index contributed by atoms with van der Waals surface area (Å²) in [6.45, 7) is 6.40. The topological polar surface area (TPSA) is 83.8 Å². The molecule has 0 amide bonds. The van der Waals surface area contributed by atoms with E-state index in [2.05, 4.69) is 4.98 Å². The molecule has 0 saturated heterocycles. The lowest BCUT2D eigenvalue weighted by Crippen LogP contribution is -2.42. The van der Waals surface area contributed by atoms with Crippen LogP contribution in [-0.4, -0.2) is 29.0 Å². The summed E-state index contributed by atoms with van der Waals surface area (Å²) in [6, 6.07) is 11.6. The quantitative estimate of drug-likeness (QED) is 0.389. The molecule has 0 aliphatic rings. The molecule has 0 aliphatic heterocycles. The molecular formula is C25H29N5O3. The fourth-order valence-electron chi connectivity index (χ4n) is 4.16. The summed E-state index contributed by atoms with van der Waals surface area (Å²) >= 11 is 0. The van der Waals surface area contributed by atoms with Crippen LogP contribution in [0.4, 0.5) is 0 Å². The molecule has 0 unspecified atom stereocenters.